The largest absolute Gasteiger partial charge is 0.501 e. The molecule has 0 saturated heterocycles. The van der Waals surface area contributed by atoms with Gasteiger partial charge in [0.05, 0.1) is 12.9 Å². The topological polar surface area (TPSA) is 9.23 Å². The SMILES string of the molecule is BrCC1C=COC1. The van der Waals surface area contributed by atoms with Crippen LogP contribution in [0.1, 0.15) is 0 Å². The van der Waals surface area contributed by atoms with Crippen molar-refractivity contribution in [3.05, 3.63) is 12.3 Å². The van der Waals surface area contributed by atoms with Crippen molar-refractivity contribution in [2.45, 2.75) is 0 Å². The summed E-state index contributed by atoms with van der Waals surface area (Å²) in [6.07, 6.45) is 3.82. The number of ether oxygens (including phenoxy) is 1. The maximum atomic E-state index is 4.94. The molecule has 0 N–H and O–H groups in total. The molecule has 2 heteroatoms. The molecule has 0 aromatic carbocycles. The highest BCUT2D eigenvalue weighted by Gasteiger charge is 2.06. The number of halogens is 1. The van der Waals surface area contributed by atoms with E-state index in [0.29, 0.717) is 5.92 Å². The summed E-state index contributed by atoms with van der Waals surface area (Å²) in [5.74, 6) is 0.611. The third kappa shape index (κ3) is 1.20. The number of hydrogen-bond acceptors (Lipinski definition) is 1. The molecular formula is C5H7BrO. The molecular weight excluding hydrogens is 156 g/mol. The first-order valence-corrected chi connectivity index (χ1v) is 3.40. The minimum Gasteiger partial charge on any atom is -0.501 e. The molecule has 0 aliphatic carbocycles. The van der Waals surface area contributed by atoms with Crippen molar-refractivity contribution in [2.75, 3.05) is 11.9 Å². The van der Waals surface area contributed by atoms with Crippen LogP contribution in [-0.2, 0) is 4.74 Å². The zero-order chi connectivity index (χ0) is 5.11. The second-order valence-corrected chi connectivity index (χ2v) is 2.22. The minimum absolute atomic E-state index is 0.611. The van der Waals surface area contributed by atoms with E-state index in [0.717, 1.165) is 11.9 Å². The van der Waals surface area contributed by atoms with Gasteiger partial charge in [-0.05, 0) is 6.08 Å². The van der Waals surface area contributed by atoms with E-state index in [2.05, 4.69) is 22.0 Å². The van der Waals surface area contributed by atoms with E-state index < -0.39 is 0 Å². The van der Waals surface area contributed by atoms with Crippen LogP contribution in [0, 0.1) is 5.92 Å². The average Bonchev–Trinajstić information content (AvgIpc) is 2.14. The average molecular weight is 163 g/mol. The highest BCUT2D eigenvalue weighted by Crippen LogP contribution is 2.09. The first kappa shape index (κ1) is 5.16. The van der Waals surface area contributed by atoms with Gasteiger partial charge in [0.1, 0.15) is 0 Å². The van der Waals surface area contributed by atoms with Crippen LogP contribution in [0.2, 0.25) is 0 Å². The van der Waals surface area contributed by atoms with Crippen molar-refractivity contribution in [3.63, 3.8) is 0 Å². The van der Waals surface area contributed by atoms with E-state index in [4.69, 9.17) is 4.74 Å². The van der Waals surface area contributed by atoms with Gasteiger partial charge in [-0.2, -0.15) is 0 Å². The Morgan fingerprint density at radius 2 is 2.71 bits per heavy atom. The summed E-state index contributed by atoms with van der Waals surface area (Å²) >= 11 is 3.34. The molecule has 0 spiro atoms. The molecule has 1 unspecified atom stereocenters. The van der Waals surface area contributed by atoms with Crippen molar-refractivity contribution >= 4 is 15.9 Å². The molecule has 0 amide bonds. The zero-order valence-corrected chi connectivity index (χ0v) is 5.52. The highest BCUT2D eigenvalue weighted by atomic mass is 79.9. The summed E-state index contributed by atoms with van der Waals surface area (Å²) in [7, 11) is 0. The van der Waals surface area contributed by atoms with Gasteiger partial charge < -0.3 is 4.74 Å². The van der Waals surface area contributed by atoms with Crippen LogP contribution in [0.25, 0.3) is 0 Å². The molecule has 0 radical (unpaired) electrons. The standard InChI is InChI=1S/C5H7BrO/c6-3-5-1-2-7-4-5/h1-2,5H,3-4H2. The lowest BCUT2D eigenvalue weighted by atomic mass is 10.2. The molecule has 7 heavy (non-hydrogen) atoms. The first-order valence-electron chi connectivity index (χ1n) is 2.27. The molecule has 1 aliphatic heterocycles. The second-order valence-electron chi connectivity index (χ2n) is 1.58. The van der Waals surface area contributed by atoms with Gasteiger partial charge in [0.25, 0.3) is 0 Å². The number of rotatable bonds is 1. The van der Waals surface area contributed by atoms with Gasteiger partial charge in [-0.15, -0.1) is 0 Å². The lowest BCUT2D eigenvalue weighted by molar-refractivity contribution is 0.257. The summed E-state index contributed by atoms with van der Waals surface area (Å²) in [6.45, 7) is 0.852. The Morgan fingerprint density at radius 1 is 1.86 bits per heavy atom. The van der Waals surface area contributed by atoms with Crippen LogP contribution in [0.5, 0.6) is 0 Å². The predicted molar refractivity (Wildman–Crippen MR) is 32.4 cm³/mol. The predicted octanol–water partition coefficient (Wildman–Crippen LogP) is 1.54. The Balaban J connectivity index is 2.28. The van der Waals surface area contributed by atoms with E-state index in [1.807, 2.05) is 0 Å². The fourth-order valence-corrected chi connectivity index (χ4v) is 0.900. The van der Waals surface area contributed by atoms with Crippen LogP contribution in [0.15, 0.2) is 12.3 Å². The van der Waals surface area contributed by atoms with Gasteiger partial charge in [0, 0.05) is 11.2 Å². The van der Waals surface area contributed by atoms with Crippen LogP contribution < -0.4 is 0 Å². The van der Waals surface area contributed by atoms with Crippen molar-refractivity contribution < 1.29 is 4.74 Å². The fourth-order valence-electron chi connectivity index (χ4n) is 0.497. The molecule has 1 rings (SSSR count). The molecule has 0 aromatic heterocycles. The Bertz CT molecular complexity index is 80.1. The monoisotopic (exact) mass is 162 g/mol. The summed E-state index contributed by atoms with van der Waals surface area (Å²) in [5, 5.41) is 1.02. The molecule has 0 saturated carbocycles. The molecule has 0 fully saturated rings. The molecule has 0 bridgehead atoms. The van der Waals surface area contributed by atoms with Gasteiger partial charge in [0.15, 0.2) is 0 Å². The first-order chi connectivity index (χ1) is 3.43. The van der Waals surface area contributed by atoms with Crippen molar-refractivity contribution in [2.24, 2.45) is 5.92 Å². The summed E-state index contributed by atoms with van der Waals surface area (Å²) in [6, 6.07) is 0. The highest BCUT2D eigenvalue weighted by molar-refractivity contribution is 9.09. The Hall–Kier alpha value is 0.0200. The van der Waals surface area contributed by atoms with Gasteiger partial charge in [-0.3, -0.25) is 0 Å². The summed E-state index contributed by atoms with van der Waals surface area (Å²) in [4.78, 5) is 0. The Morgan fingerprint density at radius 3 is 3.00 bits per heavy atom. The molecule has 40 valence electrons. The molecule has 1 atom stereocenters. The summed E-state index contributed by atoms with van der Waals surface area (Å²) < 4.78 is 4.94. The summed E-state index contributed by atoms with van der Waals surface area (Å²) in [5.41, 5.74) is 0. The van der Waals surface area contributed by atoms with Gasteiger partial charge in [-0.1, -0.05) is 15.9 Å². The van der Waals surface area contributed by atoms with E-state index in [1.165, 1.54) is 0 Å². The van der Waals surface area contributed by atoms with Crippen LogP contribution in [0.3, 0.4) is 0 Å². The maximum absolute atomic E-state index is 4.94. The normalized spacial score (nSPS) is 27.9. The molecule has 0 aromatic rings. The van der Waals surface area contributed by atoms with Crippen molar-refractivity contribution in [3.8, 4) is 0 Å². The molecule has 1 aliphatic rings. The lowest BCUT2D eigenvalue weighted by Crippen LogP contribution is -1.98. The molecule has 1 heterocycles. The number of alkyl halides is 1. The fraction of sp³-hybridized carbons (Fsp3) is 0.600. The number of hydrogen-bond donors (Lipinski definition) is 0. The van der Waals surface area contributed by atoms with E-state index in [1.54, 1.807) is 6.26 Å². The minimum atomic E-state index is 0.611. The second kappa shape index (κ2) is 2.36. The van der Waals surface area contributed by atoms with Gasteiger partial charge in [0.2, 0.25) is 0 Å². The van der Waals surface area contributed by atoms with E-state index in [-0.39, 0.29) is 0 Å². The Kier molecular flexibility index (Phi) is 1.74. The maximum Gasteiger partial charge on any atom is 0.0944 e. The smallest absolute Gasteiger partial charge is 0.0944 e. The Labute approximate surface area is 51.5 Å². The van der Waals surface area contributed by atoms with Gasteiger partial charge >= 0.3 is 0 Å². The van der Waals surface area contributed by atoms with Crippen LogP contribution in [-0.4, -0.2) is 11.9 Å². The van der Waals surface area contributed by atoms with Crippen molar-refractivity contribution in [1.82, 2.24) is 0 Å². The quantitative estimate of drug-likeness (QED) is 0.532. The third-order valence-electron chi connectivity index (χ3n) is 0.955. The van der Waals surface area contributed by atoms with Crippen molar-refractivity contribution in [1.29, 1.82) is 0 Å². The zero-order valence-electron chi connectivity index (χ0n) is 3.93. The van der Waals surface area contributed by atoms with Gasteiger partial charge in [-0.25, -0.2) is 0 Å². The van der Waals surface area contributed by atoms with E-state index >= 15 is 0 Å². The van der Waals surface area contributed by atoms with E-state index in [9.17, 15) is 0 Å². The van der Waals surface area contributed by atoms with Crippen LogP contribution >= 0.6 is 15.9 Å². The third-order valence-corrected chi connectivity index (χ3v) is 1.79. The van der Waals surface area contributed by atoms with Crippen LogP contribution in [0.4, 0.5) is 0 Å². The lowest BCUT2D eigenvalue weighted by Gasteiger charge is -1.95. The molecule has 1 nitrogen and oxygen atoms in total.